The van der Waals surface area contributed by atoms with E-state index >= 15 is 0 Å². The Morgan fingerprint density at radius 3 is 2.77 bits per heavy atom. The number of rotatable bonds is 2. The SMILES string of the molecule is Cc1nc(Oc2ccc(C#N)cc2)c2c3c(sc2n1)CCC3. The normalized spacial score (nSPS) is 13.1. The molecule has 0 radical (unpaired) electrons. The third kappa shape index (κ3) is 2.13. The first-order valence-corrected chi connectivity index (χ1v) is 8.03. The summed E-state index contributed by atoms with van der Waals surface area (Å²) in [7, 11) is 0. The molecule has 1 aliphatic carbocycles. The molecule has 22 heavy (non-hydrogen) atoms. The van der Waals surface area contributed by atoms with Gasteiger partial charge in [0, 0.05) is 4.88 Å². The number of hydrogen-bond donors (Lipinski definition) is 0. The van der Waals surface area contributed by atoms with E-state index in [1.165, 1.54) is 16.9 Å². The van der Waals surface area contributed by atoms with Crippen molar-refractivity contribution in [2.24, 2.45) is 0 Å². The third-order valence-electron chi connectivity index (χ3n) is 3.84. The summed E-state index contributed by atoms with van der Waals surface area (Å²) in [4.78, 5) is 11.5. The second-order valence-electron chi connectivity index (χ2n) is 5.35. The number of nitriles is 1. The molecule has 0 aliphatic heterocycles. The molecule has 0 saturated heterocycles. The minimum absolute atomic E-state index is 0.618. The standard InChI is InChI=1S/C17H13N3OS/c1-10-19-16(21-12-7-5-11(9-18)6-8-12)15-13-3-2-4-14(13)22-17(15)20-10/h5-8H,2-4H2,1H3. The van der Waals surface area contributed by atoms with Gasteiger partial charge in [0.15, 0.2) is 0 Å². The summed E-state index contributed by atoms with van der Waals surface area (Å²) in [6.07, 6.45) is 3.40. The summed E-state index contributed by atoms with van der Waals surface area (Å²) in [6, 6.07) is 9.20. The second-order valence-corrected chi connectivity index (χ2v) is 6.44. The molecule has 0 bridgehead atoms. The zero-order valence-corrected chi connectivity index (χ0v) is 12.9. The highest BCUT2D eigenvalue weighted by Gasteiger charge is 2.22. The molecule has 0 saturated carbocycles. The van der Waals surface area contributed by atoms with Crippen molar-refractivity contribution in [2.45, 2.75) is 26.2 Å². The second kappa shape index (κ2) is 5.08. The van der Waals surface area contributed by atoms with E-state index in [1.54, 1.807) is 35.6 Å². The van der Waals surface area contributed by atoms with Gasteiger partial charge >= 0.3 is 0 Å². The molecule has 2 heterocycles. The summed E-state index contributed by atoms with van der Waals surface area (Å²) < 4.78 is 6.00. The Labute approximate surface area is 132 Å². The highest BCUT2D eigenvalue weighted by atomic mass is 32.1. The molecule has 2 aromatic heterocycles. The Morgan fingerprint density at radius 1 is 1.18 bits per heavy atom. The van der Waals surface area contributed by atoms with Crippen LogP contribution < -0.4 is 4.74 Å². The number of benzene rings is 1. The molecule has 1 aliphatic rings. The van der Waals surface area contributed by atoms with Crippen LogP contribution in [0.2, 0.25) is 0 Å². The van der Waals surface area contributed by atoms with Crippen LogP contribution >= 0.6 is 11.3 Å². The van der Waals surface area contributed by atoms with Crippen molar-refractivity contribution in [2.75, 3.05) is 0 Å². The van der Waals surface area contributed by atoms with Gasteiger partial charge in [-0.3, -0.25) is 0 Å². The first-order valence-electron chi connectivity index (χ1n) is 7.21. The third-order valence-corrected chi connectivity index (χ3v) is 5.03. The van der Waals surface area contributed by atoms with Crippen LogP contribution in [0.25, 0.3) is 10.2 Å². The predicted molar refractivity (Wildman–Crippen MR) is 85.4 cm³/mol. The topological polar surface area (TPSA) is 58.8 Å². The number of hydrogen-bond acceptors (Lipinski definition) is 5. The Balaban J connectivity index is 1.81. The van der Waals surface area contributed by atoms with Gasteiger partial charge in [0.25, 0.3) is 0 Å². The summed E-state index contributed by atoms with van der Waals surface area (Å²) in [5.41, 5.74) is 1.97. The minimum Gasteiger partial charge on any atom is -0.438 e. The Bertz CT molecular complexity index is 906. The first kappa shape index (κ1) is 13.2. The maximum absolute atomic E-state index is 8.86. The number of thiophene rings is 1. The molecule has 4 rings (SSSR count). The van der Waals surface area contributed by atoms with Crippen LogP contribution in [0.5, 0.6) is 11.6 Å². The molecule has 0 N–H and O–H groups in total. The first-order chi connectivity index (χ1) is 10.7. The van der Waals surface area contributed by atoms with Gasteiger partial charge in [-0.2, -0.15) is 10.2 Å². The van der Waals surface area contributed by atoms with Gasteiger partial charge in [-0.25, -0.2) is 4.98 Å². The van der Waals surface area contributed by atoms with Gasteiger partial charge in [0.05, 0.1) is 17.0 Å². The number of fused-ring (bicyclic) bond motifs is 3. The van der Waals surface area contributed by atoms with E-state index in [9.17, 15) is 0 Å². The molecule has 1 aromatic carbocycles. The van der Waals surface area contributed by atoms with E-state index in [0.717, 1.165) is 28.9 Å². The van der Waals surface area contributed by atoms with E-state index in [1.807, 2.05) is 6.92 Å². The number of aromatic nitrogens is 2. The van der Waals surface area contributed by atoms with Crippen molar-refractivity contribution in [1.29, 1.82) is 5.26 Å². The van der Waals surface area contributed by atoms with Crippen molar-refractivity contribution in [3.63, 3.8) is 0 Å². The monoisotopic (exact) mass is 307 g/mol. The van der Waals surface area contributed by atoms with E-state index < -0.39 is 0 Å². The van der Waals surface area contributed by atoms with Crippen molar-refractivity contribution in [3.8, 4) is 17.7 Å². The quantitative estimate of drug-likeness (QED) is 0.713. The van der Waals surface area contributed by atoms with Gasteiger partial charge in [-0.05, 0) is 56.0 Å². The Kier molecular flexibility index (Phi) is 3.05. The van der Waals surface area contributed by atoms with Gasteiger partial charge in [-0.15, -0.1) is 11.3 Å². The molecular weight excluding hydrogens is 294 g/mol. The van der Waals surface area contributed by atoms with Crippen molar-refractivity contribution >= 4 is 21.6 Å². The largest absolute Gasteiger partial charge is 0.438 e. The fraction of sp³-hybridized carbons (Fsp3) is 0.235. The van der Waals surface area contributed by atoms with E-state index in [-0.39, 0.29) is 0 Å². The number of nitrogens with zero attached hydrogens (tertiary/aromatic N) is 3. The maximum atomic E-state index is 8.86. The lowest BCUT2D eigenvalue weighted by molar-refractivity contribution is 0.466. The van der Waals surface area contributed by atoms with Crippen LogP contribution in [0, 0.1) is 18.3 Å². The fourth-order valence-electron chi connectivity index (χ4n) is 2.85. The number of aryl methyl sites for hydroxylation is 3. The van der Waals surface area contributed by atoms with Crippen LogP contribution in [0.1, 0.15) is 28.2 Å². The van der Waals surface area contributed by atoms with E-state index in [4.69, 9.17) is 10.00 Å². The van der Waals surface area contributed by atoms with Crippen LogP contribution in [0.3, 0.4) is 0 Å². The zero-order chi connectivity index (χ0) is 15.1. The summed E-state index contributed by atoms with van der Waals surface area (Å²) in [5, 5.41) is 9.93. The smallest absolute Gasteiger partial charge is 0.231 e. The summed E-state index contributed by atoms with van der Waals surface area (Å²) in [5.74, 6) is 2.04. The van der Waals surface area contributed by atoms with Crippen LogP contribution in [-0.4, -0.2) is 9.97 Å². The fourth-order valence-corrected chi connectivity index (χ4v) is 4.14. The summed E-state index contributed by atoms with van der Waals surface area (Å²) >= 11 is 1.76. The molecule has 0 spiro atoms. The highest BCUT2D eigenvalue weighted by molar-refractivity contribution is 7.19. The number of ether oxygens (including phenoxy) is 1. The molecule has 108 valence electrons. The van der Waals surface area contributed by atoms with Gasteiger partial charge in [0.1, 0.15) is 16.4 Å². The van der Waals surface area contributed by atoms with Crippen molar-refractivity contribution in [1.82, 2.24) is 9.97 Å². The average Bonchev–Trinajstić information content (AvgIpc) is 3.08. The molecule has 0 fully saturated rings. The van der Waals surface area contributed by atoms with Crippen LogP contribution in [0.4, 0.5) is 0 Å². The van der Waals surface area contributed by atoms with E-state index in [0.29, 0.717) is 17.2 Å². The average molecular weight is 307 g/mol. The van der Waals surface area contributed by atoms with E-state index in [2.05, 4.69) is 16.0 Å². The predicted octanol–water partition coefficient (Wildman–Crippen LogP) is 4.15. The molecular formula is C17H13N3OS. The summed E-state index contributed by atoms with van der Waals surface area (Å²) in [6.45, 7) is 1.88. The molecule has 0 atom stereocenters. The lowest BCUT2D eigenvalue weighted by Gasteiger charge is -2.08. The van der Waals surface area contributed by atoms with Crippen molar-refractivity contribution in [3.05, 3.63) is 46.1 Å². The molecule has 0 amide bonds. The van der Waals surface area contributed by atoms with Gasteiger partial charge < -0.3 is 4.74 Å². The minimum atomic E-state index is 0.618. The van der Waals surface area contributed by atoms with Gasteiger partial charge in [-0.1, -0.05) is 0 Å². The van der Waals surface area contributed by atoms with Crippen molar-refractivity contribution < 1.29 is 4.74 Å². The molecule has 3 aromatic rings. The molecule has 0 unspecified atom stereocenters. The van der Waals surface area contributed by atoms with Gasteiger partial charge in [0.2, 0.25) is 5.88 Å². The lowest BCUT2D eigenvalue weighted by Crippen LogP contribution is -1.95. The zero-order valence-electron chi connectivity index (χ0n) is 12.1. The Morgan fingerprint density at radius 2 is 2.00 bits per heavy atom. The molecule has 5 heteroatoms. The maximum Gasteiger partial charge on any atom is 0.231 e. The lowest BCUT2D eigenvalue weighted by atomic mass is 10.2. The Hall–Kier alpha value is -2.45. The highest BCUT2D eigenvalue weighted by Crippen LogP contribution is 2.41. The van der Waals surface area contributed by atoms with Crippen LogP contribution in [0.15, 0.2) is 24.3 Å². The van der Waals surface area contributed by atoms with Crippen LogP contribution in [-0.2, 0) is 12.8 Å². The molecule has 4 nitrogen and oxygen atoms in total.